The van der Waals surface area contributed by atoms with E-state index in [9.17, 15) is 15.0 Å². The average Bonchev–Trinajstić information content (AvgIpc) is 2.76. The Morgan fingerprint density at radius 1 is 1.33 bits per heavy atom. The second-order valence-electron chi connectivity index (χ2n) is 4.80. The third kappa shape index (κ3) is 1.78. The Morgan fingerprint density at radius 2 is 2.17 bits per heavy atom. The van der Waals surface area contributed by atoms with E-state index in [1.54, 1.807) is 6.07 Å². The Bertz CT molecular complexity index is 471. The lowest BCUT2D eigenvalue weighted by atomic mass is 9.99. The Balaban J connectivity index is 1.87. The highest BCUT2D eigenvalue weighted by molar-refractivity contribution is 5.72. The van der Waals surface area contributed by atoms with Crippen LogP contribution in [0, 0.1) is 0 Å². The first-order valence-electron chi connectivity index (χ1n) is 5.91. The molecule has 2 aliphatic heterocycles. The van der Waals surface area contributed by atoms with Gasteiger partial charge in [-0.25, -0.2) is 0 Å². The minimum atomic E-state index is -0.942. The van der Waals surface area contributed by atoms with Crippen LogP contribution in [0.5, 0.6) is 0 Å². The quantitative estimate of drug-likeness (QED) is 0.670. The maximum absolute atomic E-state index is 10.9. The lowest BCUT2D eigenvalue weighted by Crippen LogP contribution is -2.54. The number of nitrogens with zero attached hydrogens (tertiary/aromatic N) is 1. The first kappa shape index (κ1) is 11.9. The number of hydrogen-bond donors (Lipinski definition) is 2. The zero-order valence-corrected chi connectivity index (χ0v) is 9.78. The molecule has 98 valence electrons. The van der Waals surface area contributed by atoms with Crippen molar-refractivity contribution in [2.45, 2.75) is 37.6 Å². The molecule has 0 saturated carbocycles. The molecule has 0 bridgehead atoms. The first-order valence-corrected chi connectivity index (χ1v) is 5.91. The van der Waals surface area contributed by atoms with Crippen LogP contribution in [0.2, 0.25) is 0 Å². The van der Waals surface area contributed by atoms with E-state index in [2.05, 4.69) is 0 Å². The highest BCUT2D eigenvalue weighted by atomic mass is 16.7. The molecular formula is C12H15NO5. The topological polar surface area (TPSA) is 80.9 Å². The molecule has 1 aromatic heterocycles. The second kappa shape index (κ2) is 4.17. The Hall–Kier alpha value is -1.21. The summed E-state index contributed by atoms with van der Waals surface area (Å²) in [6.07, 6.45) is -0.757. The van der Waals surface area contributed by atoms with Crippen LogP contribution in [0.3, 0.4) is 0 Å². The van der Waals surface area contributed by atoms with E-state index in [1.165, 1.54) is 0 Å². The summed E-state index contributed by atoms with van der Waals surface area (Å²) in [6, 6.07) is 3.57. The molecule has 1 aromatic rings. The van der Waals surface area contributed by atoms with Gasteiger partial charge < -0.3 is 24.3 Å². The summed E-state index contributed by atoms with van der Waals surface area (Å²) in [5, 5.41) is 19.2. The third-order valence-electron chi connectivity index (χ3n) is 3.59. The van der Waals surface area contributed by atoms with Gasteiger partial charge in [0.1, 0.15) is 6.10 Å². The van der Waals surface area contributed by atoms with E-state index in [0.29, 0.717) is 18.8 Å². The summed E-state index contributed by atoms with van der Waals surface area (Å²) in [4.78, 5) is 10.9. The molecule has 1 saturated heterocycles. The maximum atomic E-state index is 10.9. The van der Waals surface area contributed by atoms with Crippen molar-refractivity contribution in [3.63, 3.8) is 0 Å². The van der Waals surface area contributed by atoms with Crippen LogP contribution in [-0.2, 0) is 22.6 Å². The monoisotopic (exact) mass is 253 g/mol. The fourth-order valence-corrected chi connectivity index (χ4v) is 2.51. The summed E-state index contributed by atoms with van der Waals surface area (Å²) in [6.45, 7) is 0.720. The molecule has 2 aliphatic rings. The van der Waals surface area contributed by atoms with Crippen LogP contribution in [0.4, 0.5) is 0 Å². The number of carbonyl (C=O) groups is 1. The van der Waals surface area contributed by atoms with Gasteiger partial charge in [0.15, 0.2) is 12.1 Å². The van der Waals surface area contributed by atoms with Crippen LogP contribution < -0.4 is 0 Å². The summed E-state index contributed by atoms with van der Waals surface area (Å²) in [5.41, 5.74) is 1.48. The zero-order valence-electron chi connectivity index (χ0n) is 9.78. The Kier molecular flexibility index (Phi) is 2.74. The van der Waals surface area contributed by atoms with E-state index in [0.717, 1.165) is 12.0 Å². The van der Waals surface area contributed by atoms with Crippen LogP contribution >= 0.6 is 0 Å². The third-order valence-corrected chi connectivity index (χ3v) is 3.59. The fourth-order valence-electron chi connectivity index (χ4n) is 2.51. The van der Waals surface area contributed by atoms with Crippen molar-refractivity contribution < 1.29 is 24.5 Å². The van der Waals surface area contributed by atoms with Gasteiger partial charge in [-0.15, -0.1) is 0 Å². The van der Waals surface area contributed by atoms with Crippen molar-refractivity contribution in [3.05, 3.63) is 23.5 Å². The fraction of sp³-hybridized carbons (Fsp3) is 0.583. The maximum Gasteiger partial charge on any atom is 0.189 e. The Morgan fingerprint density at radius 3 is 2.89 bits per heavy atom. The van der Waals surface area contributed by atoms with Crippen molar-refractivity contribution in [2.24, 2.45) is 0 Å². The van der Waals surface area contributed by atoms with E-state index in [-0.39, 0.29) is 13.0 Å². The molecule has 0 unspecified atom stereocenters. The van der Waals surface area contributed by atoms with Gasteiger partial charge in [-0.05, 0) is 12.1 Å². The number of ether oxygens (including phenoxy) is 2. The van der Waals surface area contributed by atoms with Gasteiger partial charge in [-0.3, -0.25) is 4.79 Å². The molecule has 1 spiro atoms. The largest absolute Gasteiger partial charge is 0.390 e. The molecule has 0 aromatic carbocycles. The number of fused-ring (bicyclic) bond motifs is 1. The van der Waals surface area contributed by atoms with Gasteiger partial charge in [-0.2, -0.15) is 0 Å². The predicted octanol–water partition coefficient (Wildman–Crippen LogP) is -0.331. The van der Waals surface area contributed by atoms with E-state index in [4.69, 9.17) is 9.47 Å². The SMILES string of the molecule is O=Cc1ccc2n1C[C@]1(C[C@@H](O)[C@@H](O)CO1)OC2. The number of aromatic nitrogens is 1. The highest BCUT2D eigenvalue weighted by Crippen LogP contribution is 2.34. The Labute approximate surface area is 104 Å². The molecule has 3 rings (SSSR count). The number of rotatable bonds is 1. The van der Waals surface area contributed by atoms with Gasteiger partial charge in [0.2, 0.25) is 0 Å². The molecule has 6 heteroatoms. The molecular weight excluding hydrogens is 238 g/mol. The van der Waals surface area contributed by atoms with Crippen molar-refractivity contribution in [3.8, 4) is 0 Å². The minimum absolute atomic E-state index is 0.0359. The molecule has 1 fully saturated rings. The number of aldehydes is 1. The first-order chi connectivity index (χ1) is 8.63. The molecule has 0 aliphatic carbocycles. The molecule has 18 heavy (non-hydrogen) atoms. The van der Waals surface area contributed by atoms with E-state index >= 15 is 0 Å². The highest BCUT2D eigenvalue weighted by Gasteiger charge is 2.44. The van der Waals surface area contributed by atoms with Crippen molar-refractivity contribution >= 4 is 6.29 Å². The summed E-state index contributed by atoms with van der Waals surface area (Å²) < 4.78 is 13.1. The van der Waals surface area contributed by atoms with Crippen LogP contribution in [0.25, 0.3) is 0 Å². The summed E-state index contributed by atoms with van der Waals surface area (Å²) >= 11 is 0. The molecule has 2 N–H and O–H groups in total. The van der Waals surface area contributed by atoms with Gasteiger partial charge >= 0.3 is 0 Å². The van der Waals surface area contributed by atoms with Crippen molar-refractivity contribution in [1.82, 2.24) is 4.57 Å². The van der Waals surface area contributed by atoms with Crippen LogP contribution in [0.1, 0.15) is 22.6 Å². The lowest BCUT2D eigenvalue weighted by molar-refractivity contribution is -0.310. The number of hydrogen-bond acceptors (Lipinski definition) is 5. The molecule has 6 nitrogen and oxygen atoms in total. The standard InChI is InChI=1S/C12H15NO5/c14-4-8-1-2-9-5-17-12(7-13(8)9)3-10(15)11(16)6-18-12/h1-2,4,10-11,15-16H,3,5-7H2/t10-,11+,12-/m1/s1. The van der Waals surface area contributed by atoms with Gasteiger partial charge in [0, 0.05) is 12.1 Å². The predicted molar refractivity (Wildman–Crippen MR) is 59.9 cm³/mol. The number of carbonyl (C=O) groups excluding carboxylic acids is 1. The number of aliphatic hydroxyl groups excluding tert-OH is 2. The van der Waals surface area contributed by atoms with Crippen molar-refractivity contribution in [1.29, 1.82) is 0 Å². The van der Waals surface area contributed by atoms with Crippen molar-refractivity contribution in [2.75, 3.05) is 6.61 Å². The summed E-state index contributed by atoms with van der Waals surface area (Å²) in [5.74, 6) is -0.942. The molecule has 0 radical (unpaired) electrons. The molecule has 3 heterocycles. The van der Waals surface area contributed by atoms with E-state index in [1.807, 2.05) is 10.6 Å². The number of aliphatic hydroxyl groups is 2. The van der Waals surface area contributed by atoms with Crippen LogP contribution in [0.15, 0.2) is 12.1 Å². The molecule has 0 amide bonds. The average molecular weight is 253 g/mol. The second-order valence-corrected chi connectivity index (χ2v) is 4.80. The smallest absolute Gasteiger partial charge is 0.189 e. The van der Waals surface area contributed by atoms with E-state index < -0.39 is 18.0 Å². The minimum Gasteiger partial charge on any atom is -0.390 e. The van der Waals surface area contributed by atoms with Gasteiger partial charge in [0.05, 0.1) is 31.6 Å². The summed E-state index contributed by atoms with van der Waals surface area (Å²) in [7, 11) is 0. The van der Waals surface area contributed by atoms with Crippen LogP contribution in [-0.4, -0.2) is 45.7 Å². The normalized spacial score (nSPS) is 35.4. The molecule has 3 atom stereocenters. The lowest BCUT2D eigenvalue weighted by Gasteiger charge is -2.43. The zero-order chi connectivity index (χ0) is 12.8. The van der Waals surface area contributed by atoms with Gasteiger partial charge in [-0.1, -0.05) is 0 Å². The van der Waals surface area contributed by atoms with Gasteiger partial charge in [0.25, 0.3) is 0 Å².